The van der Waals surface area contributed by atoms with Crippen LogP contribution >= 0.6 is 23.2 Å². The Kier molecular flexibility index (Phi) is 4.87. The van der Waals surface area contributed by atoms with Gasteiger partial charge < -0.3 is 5.32 Å². The first-order valence-electron chi connectivity index (χ1n) is 6.34. The number of halogens is 2. The van der Waals surface area contributed by atoms with Crippen LogP contribution in [0.15, 0.2) is 24.3 Å². The summed E-state index contributed by atoms with van der Waals surface area (Å²) in [6, 6.07) is 6.62. The van der Waals surface area contributed by atoms with Crippen molar-refractivity contribution in [3.63, 3.8) is 0 Å². The van der Waals surface area contributed by atoms with Crippen molar-refractivity contribution in [3.8, 4) is 6.07 Å². The third kappa shape index (κ3) is 3.37. The number of aryl methyl sites for hydroxylation is 1. The molecule has 0 radical (unpaired) electrons. The standard InChI is InChI=1S/C14H8Cl2N4O4/c1-7-2-9(19(21)22)5-12(20(23)24)13(7)18-14-10(15)3-8(6-17)4-11(14)16/h2-5,18H,1H3. The van der Waals surface area contributed by atoms with Gasteiger partial charge in [-0.1, -0.05) is 23.2 Å². The summed E-state index contributed by atoms with van der Waals surface area (Å²) < 4.78 is 0. The molecule has 0 aromatic heterocycles. The van der Waals surface area contributed by atoms with Crippen LogP contribution in [0.3, 0.4) is 0 Å². The number of hydrogen-bond donors (Lipinski definition) is 1. The summed E-state index contributed by atoms with van der Waals surface area (Å²) in [5.41, 5.74) is -0.200. The van der Waals surface area contributed by atoms with Gasteiger partial charge in [0.15, 0.2) is 0 Å². The first-order chi connectivity index (χ1) is 11.2. The van der Waals surface area contributed by atoms with Crippen LogP contribution in [-0.2, 0) is 0 Å². The predicted molar refractivity (Wildman–Crippen MR) is 88.9 cm³/mol. The van der Waals surface area contributed by atoms with Crippen molar-refractivity contribution in [1.82, 2.24) is 0 Å². The third-order valence-electron chi connectivity index (χ3n) is 3.13. The lowest BCUT2D eigenvalue weighted by molar-refractivity contribution is -0.393. The van der Waals surface area contributed by atoms with E-state index in [9.17, 15) is 20.2 Å². The second-order valence-corrected chi connectivity index (χ2v) is 5.54. The van der Waals surface area contributed by atoms with E-state index in [-0.39, 0.29) is 32.5 Å². The monoisotopic (exact) mass is 366 g/mol. The van der Waals surface area contributed by atoms with Crippen LogP contribution in [0.25, 0.3) is 0 Å². The number of nitro groups is 2. The maximum absolute atomic E-state index is 11.2. The number of hydrogen-bond acceptors (Lipinski definition) is 6. The maximum atomic E-state index is 11.2. The van der Waals surface area contributed by atoms with Crippen LogP contribution < -0.4 is 5.32 Å². The lowest BCUT2D eigenvalue weighted by Gasteiger charge is -2.13. The fourth-order valence-electron chi connectivity index (χ4n) is 2.04. The van der Waals surface area contributed by atoms with Gasteiger partial charge in [-0.05, 0) is 24.6 Å². The molecular weight excluding hydrogens is 359 g/mol. The van der Waals surface area contributed by atoms with Gasteiger partial charge in [0.25, 0.3) is 11.4 Å². The average Bonchev–Trinajstić information content (AvgIpc) is 2.50. The first kappa shape index (κ1) is 17.5. The van der Waals surface area contributed by atoms with E-state index < -0.39 is 21.2 Å². The van der Waals surface area contributed by atoms with E-state index in [1.807, 2.05) is 6.07 Å². The largest absolute Gasteiger partial charge is 0.347 e. The molecule has 24 heavy (non-hydrogen) atoms. The SMILES string of the molecule is Cc1cc([N+](=O)[O-])cc([N+](=O)[O-])c1Nc1c(Cl)cc(C#N)cc1Cl. The highest BCUT2D eigenvalue weighted by Crippen LogP contribution is 2.39. The van der Waals surface area contributed by atoms with Crippen LogP contribution in [0.1, 0.15) is 11.1 Å². The Morgan fingerprint density at radius 3 is 2.08 bits per heavy atom. The molecule has 0 aliphatic heterocycles. The topological polar surface area (TPSA) is 122 Å². The van der Waals surface area contributed by atoms with E-state index in [0.717, 1.165) is 6.07 Å². The summed E-state index contributed by atoms with van der Waals surface area (Å²) in [6.45, 7) is 1.48. The zero-order valence-electron chi connectivity index (χ0n) is 12.0. The zero-order valence-corrected chi connectivity index (χ0v) is 13.6. The minimum Gasteiger partial charge on any atom is -0.347 e. The quantitative estimate of drug-likeness (QED) is 0.615. The maximum Gasteiger partial charge on any atom is 0.299 e. The number of anilines is 2. The third-order valence-corrected chi connectivity index (χ3v) is 3.72. The Bertz CT molecular complexity index is 885. The molecule has 2 aromatic carbocycles. The highest BCUT2D eigenvalue weighted by molar-refractivity contribution is 6.39. The van der Waals surface area contributed by atoms with Gasteiger partial charge in [0.1, 0.15) is 5.69 Å². The smallest absolute Gasteiger partial charge is 0.299 e. The summed E-state index contributed by atoms with van der Waals surface area (Å²) in [5.74, 6) is 0. The van der Waals surface area contributed by atoms with Gasteiger partial charge in [0.2, 0.25) is 0 Å². The van der Waals surface area contributed by atoms with E-state index >= 15 is 0 Å². The molecule has 122 valence electrons. The van der Waals surface area contributed by atoms with E-state index in [2.05, 4.69) is 5.32 Å². The number of nitrogens with one attached hydrogen (secondary N) is 1. The number of nitro benzene ring substituents is 2. The zero-order chi connectivity index (χ0) is 18.0. The van der Waals surface area contributed by atoms with Gasteiger partial charge in [-0.25, -0.2) is 0 Å². The molecule has 0 saturated heterocycles. The summed E-state index contributed by atoms with van der Waals surface area (Å²) in [7, 11) is 0. The second kappa shape index (κ2) is 6.70. The molecule has 0 heterocycles. The second-order valence-electron chi connectivity index (χ2n) is 4.72. The van der Waals surface area contributed by atoms with Crippen molar-refractivity contribution < 1.29 is 9.85 Å². The summed E-state index contributed by atoms with van der Waals surface area (Å²) in [4.78, 5) is 20.7. The van der Waals surface area contributed by atoms with Gasteiger partial charge >= 0.3 is 0 Å². The van der Waals surface area contributed by atoms with Crippen LogP contribution in [0, 0.1) is 38.5 Å². The molecule has 8 nitrogen and oxygen atoms in total. The molecular formula is C14H8Cl2N4O4. The molecule has 0 fully saturated rings. The highest BCUT2D eigenvalue weighted by Gasteiger charge is 2.24. The van der Waals surface area contributed by atoms with E-state index in [4.69, 9.17) is 28.5 Å². The summed E-state index contributed by atoms with van der Waals surface area (Å²) >= 11 is 12.1. The molecule has 2 rings (SSSR count). The fourth-order valence-corrected chi connectivity index (χ4v) is 2.63. The molecule has 0 aliphatic carbocycles. The first-order valence-corrected chi connectivity index (χ1v) is 7.09. The van der Waals surface area contributed by atoms with Gasteiger partial charge in [0, 0.05) is 6.07 Å². The van der Waals surface area contributed by atoms with E-state index in [1.165, 1.54) is 25.1 Å². The van der Waals surface area contributed by atoms with Gasteiger partial charge in [0.05, 0.1) is 43.3 Å². The number of nitrogens with zero attached hydrogens (tertiary/aromatic N) is 3. The lowest BCUT2D eigenvalue weighted by atomic mass is 10.1. The van der Waals surface area contributed by atoms with E-state index in [0.29, 0.717) is 0 Å². The number of non-ortho nitro benzene ring substituents is 1. The Morgan fingerprint density at radius 1 is 1.04 bits per heavy atom. The van der Waals surface area contributed by atoms with Gasteiger partial charge in [-0.15, -0.1) is 0 Å². The summed E-state index contributed by atoms with van der Waals surface area (Å²) in [5, 5.41) is 33.9. The van der Waals surface area contributed by atoms with Crippen molar-refractivity contribution in [2.24, 2.45) is 0 Å². The van der Waals surface area contributed by atoms with Crippen molar-refractivity contribution in [1.29, 1.82) is 5.26 Å². The lowest BCUT2D eigenvalue weighted by Crippen LogP contribution is -2.02. The van der Waals surface area contributed by atoms with Gasteiger partial charge in [-0.2, -0.15) is 5.26 Å². The molecule has 1 N–H and O–H groups in total. The highest BCUT2D eigenvalue weighted by atomic mass is 35.5. The average molecular weight is 367 g/mol. The van der Waals surface area contributed by atoms with Gasteiger partial charge in [-0.3, -0.25) is 20.2 Å². The molecule has 0 aliphatic rings. The van der Waals surface area contributed by atoms with Crippen molar-refractivity contribution in [3.05, 3.63) is 65.7 Å². The van der Waals surface area contributed by atoms with E-state index in [1.54, 1.807) is 0 Å². The molecule has 0 bridgehead atoms. The number of rotatable bonds is 4. The van der Waals surface area contributed by atoms with Crippen LogP contribution in [0.4, 0.5) is 22.7 Å². The van der Waals surface area contributed by atoms with Crippen LogP contribution in [0.2, 0.25) is 10.0 Å². The minimum absolute atomic E-state index is 0.0270. The Labute approximate surface area is 145 Å². The normalized spacial score (nSPS) is 10.1. The minimum atomic E-state index is -0.742. The molecule has 0 amide bonds. The Morgan fingerprint density at radius 2 is 1.62 bits per heavy atom. The van der Waals surface area contributed by atoms with Crippen molar-refractivity contribution in [2.45, 2.75) is 6.92 Å². The van der Waals surface area contributed by atoms with Crippen molar-refractivity contribution in [2.75, 3.05) is 5.32 Å². The number of nitriles is 1. The summed E-state index contributed by atoms with van der Waals surface area (Å²) in [6.07, 6.45) is 0. The Balaban J connectivity index is 2.61. The molecule has 2 aromatic rings. The molecule has 10 heteroatoms. The molecule has 0 spiro atoms. The number of benzene rings is 2. The van der Waals surface area contributed by atoms with Crippen LogP contribution in [0.5, 0.6) is 0 Å². The molecule has 0 unspecified atom stereocenters. The molecule has 0 atom stereocenters. The fraction of sp³-hybridized carbons (Fsp3) is 0.0714. The molecule has 0 saturated carbocycles. The van der Waals surface area contributed by atoms with Crippen LogP contribution in [-0.4, -0.2) is 9.85 Å². The van der Waals surface area contributed by atoms with Crippen molar-refractivity contribution >= 4 is 46.0 Å². The predicted octanol–water partition coefficient (Wildman–Crippen LogP) is 4.73. The Hall–Kier alpha value is -2.89.